The molecule has 0 fully saturated rings. The highest BCUT2D eigenvalue weighted by molar-refractivity contribution is 6.03. The summed E-state index contributed by atoms with van der Waals surface area (Å²) in [4.78, 5) is 12.8. The van der Waals surface area contributed by atoms with Crippen molar-refractivity contribution in [1.82, 2.24) is 9.78 Å². The molecule has 0 radical (unpaired) electrons. The molecule has 2 N–H and O–H groups in total. The van der Waals surface area contributed by atoms with Crippen LogP contribution in [0.15, 0.2) is 42.5 Å². The lowest BCUT2D eigenvalue weighted by Crippen LogP contribution is -2.35. The Balaban J connectivity index is 1.28. The van der Waals surface area contributed by atoms with Crippen molar-refractivity contribution in [2.75, 3.05) is 24.2 Å². The van der Waals surface area contributed by atoms with Gasteiger partial charge in [-0.3, -0.25) is 4.79 Å². The molecular formula is C22H17F3N4O5. The van der Waals surface area contributed by atoms with E-state index in [1.54, 1.807) is 36.4 Å². The van der Waals surface area contributed by atoms with Crippen LogP contribution in [0.5, 0.6) is 23.0 Å². The van der Waals surface area contributed by atoms with E-state index in [0.29, 0.717) is 34.2 Å². The Bertz CT molecular complexity index is 1290. The maximum Gasteiger partial charge on any atom is 0.410 e. The largest absolute Gasteiger partial charge is 0.454 e. The Morgan fingerprint density at radius 1 is 0.971 bits per heavy atom. The van der Waals surface area contributed by atoms with Crippen molar-refractivity contribution in [2.45, 2.75) is 24.7 Å². The Morgan fingerprint density at radius 2 is 1.65 bits per heavy atom. The molecule has 2 aromatic carbocycles. The molecule has 0 bridgehead atoms. The van der Waals surface area contributed by atoms with Gasteiger partial charge < -0.3 is 29.6 Å². The van der Waals surface area contributed by atoms with Crippen molar-refractivity contribution < 1.29 is 36.9 Å². The first-order valence-corrected chi connectivity index (χ1v) is 10.4. The maximum atomic E-state index is 14.0. The van der Waals surface area contributed by atoms with Crippen LogP contribution in [0.2, 0.25) is 0 Å². The number of fused-ring (bicyclic) bond motifs is 3. The van der Waals surface area contributed by atoms with Crippen LogP contribution in [-0.4, -0.2) is 35.4 Å². The van der Waals surface area contributed by atoms with E-state index in [0.717, 1.165) is 4.68 Å². The molecule has 2 atom stereocenters. The van der Waals surface area contributed by atoms with E-state index < -0.39 is 24.2 Å². The number of hydrogen-bond acceptors (Lipinski definition) is 7. The summed E-state index contributed by atoms with van der Waals surface area (Å²) in [6.45, 7) is 0.145. The lowest BCUT2D eigenvalue weighted by molar-refractivity contribution is -0.173. The van der Waals surface area contributed by atoms with Gasteiger partial charge in [0.1, 0.15) is 5.82 Å². The number of carbonyl (C=O) groups is 1. The second kappa shape index (κ2) is 7.47. The van der Waals surface area contributed by atoms with Crippen LogP contribution >= 0.6 is 0 Å². The first-order valence-electron chi connectivity index (χ1n) is 10.4. The van der Waals surface area contributed by atoms with Crippen molar-refractivity contribution in [3.63, 3.8) is 0 Å². The minimum Gasteiger partial charge on any atom is -0.454 e. The summed E-state index contributed by atoms with van der Waals surface area (Å²) in [5.41, 5.74) is 0.858. The van der Waals surface area contributed by atoms with E-state index in [1.165, 1.54) is 6.07 Å². The molecule has 0 saturated carbocycles. The molecule has 3 aliphatic rings. The number of ether oxygens (including phenoxy) is 4. The summed E-state index contributed by atoms with van der Waals surface area (Å²) >= 11 is 0. The van der Waals surface area contributed by atoms with E-state index in [4.69, 9.17) is 18.9 Å². The van der Waals surface area contributed by atoms with Crippen LogP contribution in [0.4, 0.5) is 24.7 Å². The van der Waals surface area contributed by atoms with Crippen LogP contribution in [0.1, 0.15) is 34.6 Å². The van der Waals surface area contributed by atoms with Crippen molar-refractivity contribution in [1.29, 1.82) is 0 Å². The highest BCUT2D eigenvalue weighted by Crippen LogP contribution is 2.45. The first kappa shape index (κ1) is 20.5. The normalized spacial score (nSPS) is 20.0. The Morgan fingerprint density at radius 3 is 2.38 bits per heavy atom. The van der Waals surface area contributed by atoms with Gasteiger partial charge in [0, 0.05) is 24.2 Å². The number of alkyl halides is 3. The van der Waals surface area contributed by atoms with Gasteiger partial charge in [0.25, 0.3) is 5.91 Å². The third-order valence-electron chi connectivity index (χ3n) is 5.85. The van der Waals surface area contributed by atoms with Gasteiger partial charge in [-0.25, -0.2) is 4.68 Å². The van der Waals surface area contributed by atoms with Crippen LogP contribution in [-0.2, 0) is 0 Å². The molecule has 12 heteroatoms. The molecular weight excluding hydrogens is 457 g/mol. The fourth-order valence-electron chi connectivity index (χ4n) is 4.20. The Hall–Kier alpha value is -4.09. The summed E-state index contributed by atoms with van der Waals surface area (Å²) in [5.74, 6) is 1.47. The zero-order chi connectivity index (χ0) is 23.4. The second-order valence-electron chi connectivity index (χ2n) is 7.98. The zero-order valence-corrected chi connectivity index (χ0v) is 17.4. The number of hydrogen-bond donors (Lipinski definition) is 2. The van der Waals surface area contributed by atoms with Crippen molar-refractivity contribution in [3.8, 4) is 23.0 Å². The summed E-state index contributed by atoms with van der Waals surface area (Å²) in [6, 6.07) is 8.55. The van der Waals surface area contributed by atoms with Gasteiger partial charge in [-0.2, -0.15) is 18.3 Å². The standard InChI is InChI=1S/C22H17F3N4O5/c23-22(24,25)19-7-13(11-1-3-15-17(5-11)33-9-31-15)27-20-8-14(28-29(19)20)21(30)26-12-2-4-16-18(6-12)34-10-32-16/h1-6,8,13,19,27H,7,9-10H2,(H,26,30). The Labute approximate surface area is 190 Å². The van der Waals surface area contributed by atoms with Gasteiger partial charge in [-0.1, -0.05) is 6.07 Å². The van der Waals surface area contributed by atoms with Gasteiger partial charge in [0.15, 0.2) is 34.7 Å². The van der Waals surface area contributed by atoms with E-state index in [1.807, 2.05) is 0 Å². The number of anilines is 2. The van der Waals surface area contributed by atoms with E-state index in [2.05, 4.69) is 15.7 Å². The fraction of sp³-hybridized carbons (Fsp3) is 0.273. The van der Waals surface area contributed by atoms with E-state index in [-0.39, 0.29) is 31.5 Å². The van der Waals surface area contributed by atoms with Gasteiger partial charge in [-0.05, 0) is 29.8 Å². The van der Waals surface area contributed by atoms with Crippen LogP contribution in [0.3, 0.4) is 0 Å². The maximum absolute atomic E-state index is 14.0. The zero-order valence-electron chi connectivity index (χ0n) is 17.4. The van der Waals surface area contributed by atoms with Crippen molar-refractivity contribution in [2.24, 2.45) is 0 Å². The fourth-order valence-corrected chi connectivity index (χ4v) is 4.20. The van der Waals surface area contributed by atoms with E-state index >= 15 is 0 Å². The highest BCUT2D eigenvalue weighted by Gasteiger charge is 2.47. The summed E-state index contributed by atoms with van der Waals surface area (Å²) < 4.78 is 63.8. The molecule has 0 saturated heterocycles. The number of rotatable bonds is 3. The smallest absolute Gasteiger partial charge is 0.410 e. The summed E-state index contributed by atoms with van der Waals surface area (Å²) in [6.07, 6.45) is -4.87. The quantitative estimate of drug-likeness (QED) is 0.586. The molecule has 0 spiro atoms. The number of benzene rings is 2. The summed E-state index contributed by atoms with van der Waals surface area (Å²) in [7, 11) is 0. The molecule has 6 rings (SSSR count). The molecule has 3 aromatic rings. The average molecular weight is 474 g/mol. The molecule has 0 aliphatic carbocycles. The van der Waals surface area contributed by atoms with Gasteiger partial charge in [0.05, 0.1) is 6.04 Å². The minimum atomic E-state index is -4.57. The highest BCUT2D eigenvalue weighted by atomic mass is 19.4. The summed E-state index contributed by atoms with van der Waals surface area (Å²) in [5, 5.41) is 9.67. The lowest BCUT2D eigenvalue weighted by Gasteiger charge is -2.33. The van der Waals surface area contributed by atoms with Gasteiger partial charge >= 0.3 is 6.18 Å². The number of nitrogens with zero attached hydrogens (tertiary/aromatic N) is 2. The van der Waals surface area contributed by atoms with Gasteiger partial charge in [-0.15, -0.1) is 0 Å². The van der Waals surface area contributed by atoms with Crippen LogP contribution in [0.25, 0.3) is 0 Å². The topological polar surface area (TPSA) is 95.9 Å². The third-order valence-corrected chi connectivity index (χ3v) is 5.85. The average Bonchev–Trinajstić information content (AvgIpc) is 3.55. The molecule has 9 nitrogen and oxygen atoms in total. The molecule has 1 aromatic heterocycles. The molecule has 2 unspecified atom stereocenters. The van der Waals surface area contributed by atoms with Gasteiger partial charge in [0.2, 0.25) is 13.6 Å². The van der Waals surface area contributed by atoms with Crippen molar-refractivity contribution >= 4 is 17.4 Å². The Kier molecular flexibility index (Phi) is 4.51. The van der Waals surface area contributed by atoms with E-state index in [9.17, 15) is 18.0 Å². The lowest BCUT2D eigenvalue weighted by atomic mass is 9.96. The molecule has 4 heterocycles. The monoisotopic (exact) mass is 474 g/mol. The van der Waals surface area contributed by atoms with Crippen LogP contribution in [0, 0.1) is 0 Å². The number of nitrogens with one attached hydrogen (secondary N) is 2. The molecule has 34 heavy (non-hydrogen) atoms. The number of carbonyl (C=O) groups excluding carboxylic acids is 1. The predicted octanol–water partition coefficient (Wildman–Crippen LogP) is 4.25. The number of halogens is 3. The third kappa shape index (κ3) is 3.51. The molecule has 3 aliphatic heterocycles. The predicted molar refractivity (Wildman–Crippen MR) is 111 cm³/mol. The molecule has 1 amide bonds. The first-order chi connectivity index (χ1) is 16.3. The minimum absolute atomic E-state index is 0.0661. The van der Waals surface area contributed by atoms with Crippen LogP contribution < -0.4 is 29.6 Å². The number of aromatic nitrogens is 2. The number of amides is 1. The molecule has 176 valence electrons. The SMILES string of the molecule is O=C(Nc1ccc2c(c1)OCO2)c1cc2n(n1)C(C(F)(F)F)CC(c1ccc3c(c1)OCO3)N2. The second-order valence-corrected chi connectivity index (χ2v) is 7.98. The van der Waals surface area contributed by atoms with Crippen molar-refractivity contribution in [3.05, 3.63) is 53.7 Å².